The summed E-state index contributed by atoms with van der Waals surface area (Å²) in [6, 6.07) is 10.1. The summed E-state index contributed by atoms with van der Waals surface area (Å²) in [7, 11) is 1.85. The van der Waals surface area contributed by atoms with Gasteiger partial charge in [0.2, 0.25) is 12.3 Å². The van der Waals surface area contributed by atoms with Crippen LogP contribution >= 0.6 is 0 Å². The molecule has 1 amide bonds. The third-order valence-corrected chi connectivity index (χ3v) is 3.89. The third kappa shape index (κ3) is 4.79. The molecule has 0 radical (unpaired) electrons. The first kappa shape index (κ1) is 17.9. The monoisotopic (exact) mass is 332 g/mol. The van der Waals surface area contributed by atoms with E-state index in [4.69, 9.17) is 4.42 Å². The number of hydroxylamine groups is 2. The van der Waals surface area contributed by atoms with Crippen LogP contribution in [-0.2, 0) is 4.79 Å². The molecule has 1 aromatic carbocycles. The maximum Gasteiger partial charge on any atom is 0.322 e. The summed E-state index contributed by atoms with van der Waals surface area (Å²) in [4.78, 5) is 12.5. The van der Waals surface area contributed by atoms with Crippen LogP contribution in [0.5, 0.6) is 0 Å². The molecule has 0 bridgehead atoms. The van der Waals surface area contributed by atoms with E-state index in [-0.39, 0.29) is 12.5 Å². The van der Waals surface area contributed by atoms with E-state index >= 15 is 0 Å². The number of anilines is 2. The van der Waals surface area contributed by atoms with Gasteiger partial charge in [0.05, 0.1) is 12.5 Å². The highest BCUT2D eigenvalue weighted by atomic mass is 16.5. The lowest BCUT2D eigenvalue weighted by Gasteiger charge is -2.17. The Labute approximate surface area is 141 Å². The molecule has 130 valence electrons. The summed E-state index contributed by atoms with van der Waals surface area (Å²) >= 11 is 0. The van der Waals surface area contributed by atoms with Gasteiger partial charge in [-0.25, -0.2) is 5.06 Å². The third-order valence-electron chi connectivity index (χ3n) is 3.89. The summed E-state index contributed by atoms with van der Waals surface area (Å²) in [5.41, 5.74) is 0.937. The number of unbranched alkanes of at least 4 members (excludes halogenated alkanes) is 2. The maximum absolute atomic E-state index is 10.7. The number of rotatable bonds is 10. The summed E-state index contributed by atoms with van der Waals surface area (Å²) in [6.07, 6.45) is 4.30. The number of nitrogens with zero attached hydrogens (tertiary/aromatic N) is 4. The van der Waals surface area contributed by atoms with Gasteiger partial charge in [0, 0.05) is 12.7 Å². The SMILES string of the molecule is CCCCCC(CN(O)C=O)c1nnc(N(C)c2ccccc2)o1. The molecule has 0 aliphatic rings. The van der Waals surface area contributed by atoms with Crippen molar-refractivity contribution in [2.24, 2.45) is 0 Å². The van der Waals surface area contributed by atoms with Gasteiger partial charge in [0.25, 0.3) is 0 Å². The van der Waals surface area contributed by atoms with Crippen molar-refractivity contribution in [2.75, 3.05) is 18.5 Å². The highest BCUT2D eigenvalue weighted by molar-refractivity contribution is 5.54. The van der Waals surface area contributed by atoms with Crippen molar-refractivity contribution < 1.29 is 14.4 Å². The zero-order chi connectivity index (χ0) is 17.4. The van der Waals surface area contributed by atoms with Crippen molar-refractivity contribution in [3.8, 4) is 0 Å². The second-order valence-electron chi connectivity index (χ2n) is 5.74. The first-order valence-electron chi connectivity index (χ1n) is 8.18. The number of carbonyl (C=O) groups is 1. The van der Waals surface area contributed by atoms with Gasteiger partial charge in [0.1, 0.15) is 0 Å². The number of amides is 1. The molecule has 1 heterocycles. The number of carbonyl (C=O) groups excluding carboxylic acids is 1. The Hall–Kier alpha value is -2.41. The Morgan fingerprint density at radius 1 is 1.25 bits per heavy atom. The molecule has 0 spiro atoms. The van der Waals surface area contributed by atoms with Crippen LogP contribution in [0.1, 0.15) is 44.4 Å². The fourth-order valence-electron chi connectivity index (χ4n) is 2.49. The lowest BCUT2D eigenvalue weighted by molar-refractivity contribution is -0.151. The molecule has 0 saturated heterocycles. The molecule has 7 nitrogen and oxygen atoms in total. The minimum absolute atomic E-state index is 0.143. The largest absolute Gasteiger partial charge is 0.407 e. The van der Waals surface area contributed by atoms with Gasteiger partial charge in [-0.3, -0.25) is 14.9 Å². The molecule has 0 saturated carbocycles. The highest BCUT2D eigenvalue weighted by Crippen LogP contribution is 2.27. The van der Waals surface area contributed by atoms with Crippen molar-refractivity contribution in [1.29, 1.82) is 0 Å². The van der Waals surface area contributed by atoms with Gasteiger partial charge in [-0.05, 0) is 18.6 Å². The molecule has 1 aromatic heterocycles. The van der Waals surface area contributed by atoms with E-state index in [2.05, 4.69) is 17.1 Å². The fourth-order valence-corrected chi connectivity index (χ4v) is 2.49. The molecular formula is C17H24N4O3. The molecule has 24 heavy (non-hydrogen) atoms. The molecule has 2 rings (SSSR count). The van der Waals surface area contributed by atoms with Crippen LogP contribution in [0.15, 0.2) is 34.7 Å². The topological polar surface area (TPSA) is 82.7 Å². The predicted molar refractivity (Wildman–Crippen MR) is 90.2 cm³/mol. The maximum atomic E-state index is 10.7. The quantitative estimate of drug-likeness (QED) is 0.311. The first-order chi connectivity index (χ1) is 11.7. The standard InChI is InChI=1S/C17H24N4O3/c1-3-4-6-9-14(12-21(23)13-22)16-18-19-17(24-16)20(2)15-10-7-5-8-11-15/h5,7-8,10-11,13-14,23H,3-4,6,9,12H2,1-2H3. The van der Waals surface area contributed by atoms with Crippen LogP contribution in [0.4, 0.5) is 11.7 Å². The van der Waals surface area contributed by atoms with Crippen molar-refractivity contribution in [1.82, 2.24) is 15.3 Å². The Bertz CT molecular complexity index is 617. The van der Waals surface area contributed by atoms with E-state index < -0.39 is 0 Å². The van der Waals surface area contributed by atoms with Gasteiger partial charge in [-0.1, -0.05) is 49.5 Å². The van der Waals surface area contributed by atoms with Gasteiger partial charge < -0.3 is 4.42 Å². The van der Waals surface area contributed by atoms with Crippen molar-refractivity contribution in [3.05, 3.63) is 36.2 Å². The number of benzene rings is 1. The van der Waals surface area contributed by atoms with Crippen LogP contribution in [0.3, 0.4) is 0 Å². The average molecular weight is 332 g/mol. The Morgan fingerprint density at radius 3 is 2.67 bits per heavy atom. The molecule has 1 N–H and O–H groups in total. The smallest absolute Gasteiger partial charge is 0.322 e. The van der Waals surface area contributed by atoms with Crippen LogP contribution in [-0.4, -0.2) is 40.5 Å². The van der Waals surface area contributed by atoms with Crippen LogP contribution in [0.2, 0.25) is 0 Å². The van der Waals surface area contributed by atoms with E-state index in [1.54, 1.807) is 4.90 Å². The molecule has 7 heteroatoms. The average Bonchev–Trinajstić information content (AvgIpc) is 3.11. The van der Waals surface area contributed by atoms with Gasteiger partial charge >= 0.3 is 6.01 Å². The molecule has 0 aliphatic heterocycles. The minimum atomic E-state index is -0.183. The van der Waals surface area contributed by atoms with Gasteiger partial charge in [-0.15, -0.1) is 5.10 Å². The van der Waals surface area contributed by atoms with Crippen molar-refractivity contribution >= 4 is 18.1 Å². The Kier molecular flexibility index (Phi) is 6.74. The molecular weight excluding hydrogens is 308 g/mol. The predicted octanol–water partition coefficient (Wildman–Crippen LogP) is 3.35. The van der Waals surface area contributed by atoms with Crippen LogP contribution < -0.4 is 4.90 Å². The fraction of sp³-hybridized carbons (Fsp3) is 0.471. The van der Waals surface area contributed by atoms with Crippen molar-refractivity contribution in [3.63, 3.8) is 0 Å². The summed E-state index contributed by atoms with van der Waals surface area (Å²) in [5.74, 6) is 0.252. The van der Waals surface area contributed by atoms with E-state index in [1.165, 1.54) is 0 Å². The highest BCUT2D eigenvalue weighted by Gasteiger charge is 2.22. The van der Waals surface area contributed by atoms with Crippen molar-refractivity contribution in [2.45, 2.75) is 38.5 Å². The normalized spacial score (nSPS) is 12.0. The number of para-hydroxylation sites is 1. The number of hydrogen-bond donors (Lipinski definition) is 1. The zero-order valence-electron chi connectivity index (χ0n) is 14.1. The lowest BCUT2D eigenvalue weighted by atomic mass is 10.0. The molecule has 0 fully saturated rings. The van der Waals surface area contributed by atoms with E-state index in [9.17, 15) is 10.0 Å². The van der Waals surface area contributed by atoms with Crippen LogP contribution in [0, 0.1) is 0 Å². The molecule has 0 aliphatic carbocycles. The molecule has 2 aromatic rings. The summed E-state index contributed by atoms with van der Waals surface area (Å²) in [6.45, 7) is 2.27. The minimum Gasteiger partial charge on any atom is -0.407 e. The van der Waals surface area contributed by atoms with Crippen LogP contribution in [0.25, 0.3) is 0 Å². The van der Waals surface area contributed by atoms with E-state index in [0.717, 1.165) is 31.4 Å². The van der Waals surface area contributed by atoms with Gasteiger partial charge in [0.15, 0.2) is 0 Å². The number of aromatic nitrogens is 2. The Balaban J connectivity index is 2.12. The zero-order valence-corrected chi connectivity index (χ0v) is 14.1. The van der Waals surface area contributed by atoms with Gasteiger partial charge in [-0.2, -0.15) is 0 Å². The molecule has 1 unspecified atom stereocenters. The second kappa shape index (κ2) is 9.02. The lowest BCUT2D eigenvalue weighted by Crippen LogP contribution is -2.24. The second-order valence-corrected chi connectivity index (χ2v) is 5.74. The first-order valence-corrected chi connectivity index (χ1v) is 8.18. The van der Waals surface area contributed by atoms with E-state index in [1.807, 2.05) is 37.4 Å². The summed E-state index contributed by atoms with van der Waals surface area (Å²) in [5, 5.41) is 18.3. The number of hydrogen-bond acceptors (Lipinski definition) is 6. The Morgan fingerprint density at radius 2 is 2.00 bits per heavy atom. The van der Waals surface area contributed by atoms with E-state index in [0.29, 0.717) is 23.4 Å². The summed E-state index contributed by atoms with van der Waals surface area (Å²) < 4.78 is 5.79. The molecule has 1 atom stereocenters.